The van der Waals surface area contributed by atoms with Crippen molar-refractivity contribution in [2.24, 2.45) is 5.90 Å². The van der Waals surface area contributed by atoms with Crippen molar-refractivity contribution in [3.8, 4) is 11.1 Å². The largest absolute Gasteiger partial charge is 0.320 e. The third-order valence-corrected chi connectivity index (χ3v) is 1.11. The van der Waals surface area contributed by atoms with Crippen LogP contribution in [0.3, 0.4) is 0 Å². The average Bonchev–Trinajstić information content (AvgIpc) is 2.46. The summed E-state index contributed by atoms with van der Waals surface area (Å²) < 4.78 is 0. The van der Waals surface area contributed by atoms with Crippen molar-refractivity contribution in [2.75, 3.05) is 0 Å². The summed E-state index contributed by atoms with van der Waals surface area (Å²) in [5.74, 6) is 3.50. The Morgan fingerprint density at radius 1 is 1.12 bits per heavy atom. The molecular formula is C6H7NO. The minimum atomic E-state index is 1.43. The Morgan fingerprint density at radius 3 is 1.75 bits per heavy atom. The zero-order valence-electron chi connectivity index (χ0n) is 4.33. The van der Waals surface area contributed by atoms with E-state index in [4.69, 9.17) is 5.21 Å². The molecule has 0 aliphatic heterocycles. The summed E-state index contributed by atoms with van der Waals surface area (Å²) in [7, 11) is 0. The third kappa shape index (κ3) is 0.710. The topological polar surface area (TPSA) is 46.2 Å². The molecular weight excluding hydrogens is 102 g/mol. The van der Waals surface area contributed by atoms with Crippen LogP contribution in [0.1, 0.15) is 0 Å². The molecule has 2 aliphatic carbocycles. The fourth-order valence-electron chi connectivity index (χ4n) is 0.676. The first-order valence-electron chi connectivity index (χ1n) is 2.33. The molecule has 2 nitrogen and oxygen atoms in total. The van der Waals surface area contributed by atoms with Gasteiger partial charge in [0.1, 0.15) is 0 Å². The van der Waals surface area contributed by atoms with Crippen LogP contribution in [-0.2, 0) is 0 Å². The molecule has 0 unspecified atom stereocenters. The Kier molecular flexibility index (Phi) is 1.28. The second-order valence-corrected chi connectivity index (χ2v) is 1.58. The molecule has 0 saturated heterocycles. The maximum atomic E-state index is 6.50. The van der Waals surface area contributed by atoms with Crippen LogP contribution in [0.25, 0.3) is 11.1 Å². The van der Waals surface area contributed by atoms with Crippen LogP contribution in [0.15, 0.2) is 24.3 Å². The summed E-state index contributed by atoms with van der Waals surface area (Å²) in [6, 6.07) is 8.48. The molecule has 2 aliphatic rings. The Hall–Kier alpha value is -0.860. The van der Waals surface area contributed by atoms with Gasteiger partial charge in [-0.3, -0.25) is 0 Å². The van der Waals surface area contributed by atoms with E-state index >= 15 is 0 Å². The first-order chi connectivity index (χ1) is 3.97. The third-order valence-electron chi connectivity index (χ3n) is 1.11. The van der Waals surface area contributed by atoms with Gasteiger partial charge >= 0.3 is 0 Å². The number of fused-ring (bicyclic) bond motifs is 1. The van der Waals surface area contributed by atoms with Gasteiger partial charge in [-0.15, -0.1) is 0 Å². The van der Waals surface area contributed by atoms with Crippen LogP contribution >= 0.6 is 0 Å². The lowest BCUT2D eigenvalue weighted by atomic mass is 10.6. The summed E-state index contributed by atoms with van der Waals surface area (Å²) in [6.07, 6.45) is 0. The predicted octanol–water partition coefficient (Wildman–Crippen LogP) is 1.00. The van der Waals surface area contributed by atoms with E-state index in [1.807, 2.05) is 0 Å². The van der Waals surface area contributed by atoms with Crippen molar-refractivity contribution >= 4 is 0 Å². The average molecular weight is 109 g/mol. The number of hydrogen-bond acceptors (Lipinski definition) is 2. The van der Waals surface area contributed by atoms with Crippen molar-refractivity contribution in [3.05, 3.63) is 24.3 Å². The molecule has 3 N–H and O–H groups in total. The van der Waals surface area contributed by atoms with Crippen molar-refractivity contribution in [2.45, 2.75) is 0 Å². The van der Waals surface area contributed by atoms with Gasteiger partial charge in [0.2, 0.25) is 0 Å². The van der Waals surface area contributed by atoms with Gasteiger partial charge in [0, 0.05) is 0 Å². The second kappa shape index (κ2) is 1.94. The molecule has 0 atom stereocenters. The number of benzene rings is 1. The Balaban J connectivity index is 0.000000147. The highest BCUT2D eigenvalue weighted by Gasteiger charge is 2.06. The van der Waals surface area contributed by atoms with Crippen LogP contribution < -0.4 is 5.90 Å². The smallest absolute Gasteiger partial charge is 0.0178 e. The van der Waals surface area contributed by atoms with Gasteiger partial charge in [-0.05, 0) is 17.2 Å². The fraction of sp³-hybridized carbons (Fsp3) is 0. The summed E-state index contributed by atoms with van der Waals surface area (Å²) in [6.45, 7) is 0. The van der Waals surface area contributed by atoms with E-state index < -0.39 is 0 Å². The highest BCUT2D eigenvalue weighted by atomic mass is 16.4. The molecule has 0 fully saturated rings. The van der Waals surface area contributed by atoms with Crippen molar-refractivity contribution in [1.82, 2.24) is 0 Å². The van der Waals surface area contributed by atoms with Gasteiger partial charge in [-0.2, -0.15) is 0 Å². The molecule has 0 spiro atoms. The lowest BCUT2D eigenvalue weighted by molar-refractivity contribution is 0.311. The molecule has 0 bridgehead atoms. The normalized spacial score (nSPS) is 9.25. The molecule has 0 aromatic rings. The van der Waals surface area contributed by atoms with Gasteiger partial charge in [0.15, 0.2) is 0 Å². The summed E-state index contributed by atoms with van der Waals surface area (Å²) >= 11 is 0. The zero-order chi connectivity index (χ0) is 5.98. The monoisotopic (exact) mass is 109 g/mol. The summed E-state index contributed by atoms with van der Waals surface area (Å²) in [5, 5.41) is 6.50. The quantitative estimate of drug-likeness (QED) is 0.496. The molecule has 0 aromatic carbocycles. The van der Waals surface area contributed by atoms with Gasteiger partial charge in [-0.25, -0.2) is 5.90 Å². The molecule has 2 rings (SSSR count). The van der Waals surface area contributed by atoms with Gasteiger partial charge in [-0.1, -0.05) is 18.2 Å². The second-order valence-electron chi connectivity index (χ2n) is 1.58. The van der Waals surface area contributed by atoms with Gasteiger partial charge in [0.25, 0.3) is 0 Å². The number of nitrogens with two attached hydrogens (primary N) is 1. The Bertz CT molecular complexity index is 168. The Morgan fingerprint density at radius 2 is 1.62 bits per heavy atom. The van der Waals surface area contributed by atoms with Crippen LogP contribution in [0.2, 0.25) is 0 Å². The molecule has 0 aromatic heterocycles. The fourth-order valence-corrected chi connectivity index (χ4v) is 0.676. The van der Waals surface area contributed by atoms with Crippen LogP contribution in [-0.4, -0.2) is 5.21 Å². The molecule has 2 heteroatoms. The molecule has 0 heterocycles. The van der Waals surface area contributed by atoms with Crippen LogP contribution in [0.4, 0.5) is 0 Å². The minimum Gasteiger partial charge on any atom is -0.320 e. The first kappa shape index (κ1) is 5.28. The van der Waals surface area contributed by atoms with E-state index in [9.17, 15) is 0 Å². The van der Waals surface area contributed by atoms with Gasteiger partial charge < -0.3 is 5.21 Å². The lowest BCUT2D eigenvalue weighted by Crippen LogP contribution is -1.72. The van der Waals surface area contributed by atoms with Crippen molar-refractivity contribution in [1.29, 1.82) is 0 Å². The van der Waals surface area contributed by atoms with E-state index in [2.05, 4.69) is 30.2 Å². The first-order valence-corrected chi connectivity index (χ1v) is 2.33. The molecule has 0 radical (unpaired) electrons. The zero-order valence-corrected chi connectivity index (χ0v) is 4.33. The van der Waals surface area contributed by atoms with Crippen molar-refractivity contribution in [3.63, 3.8) is 0 Å². The number of rotatable bonds is 0. The van der Waals surface area contributed by atoms with Crippen LogP contribution in [0.5, 0.6) is 0 Å². The molecule has 0 saturated carbocycles. The van der Waals surface area contributed by atoms with Gasteiger partial charge in [0.05, 0.1) is 0 Å². The van der Waals surface area contributed by atoms with E-state index in [0.29, 0.717) is 0 Å². The molecule has 42 valence electrons. The highest BCUT2D eigenvalue weighted by Crippen LogP contribution is 2.32. The SMILES string of the molecule is NO.c1cc2cc-2c1. The van der Waals surface area contributed by atoms with E-state index in [1.165, 1.54) is 11.1 Å². The van der Waals surface area contributed by atoms with E-state index in [-0.39, 0.29) is 0 Å². The maximum Gasteiger partial charge on any atom is -0.0178 e. The lowest BCUT2D eigenvalue weighted by Gasteiger charge is -1.48. The predicted molar refractivity (Wildman–Crippen MR) is 31.4 cm³/mol. The van der Waals surface area contributed by atoms with E-state index in [1.54, 1.807) is 0 Å². The standard InChI is InChI=1S/C6H4.H3NO/c1-2-5-4-6(5)3-1;1-2/h1-4H;2H,1H2. The van der Waals surface area contributed by atoms with E-state index in [0.717, 1.165) is 0 Å². The maximum absolute atomic E-state index is 6.50. The number of hydrogen-bond donors (Lipinski definition) is 2. The van der Waals surface area contributed by atoms with Crippen molar-refractivity contribution < 1.29 is 5.21 Å². The molecule has 0 amide bonds. The van der Waals surface area contributed by atoms with Crippen LogP contribution in [0, 0.1) is 0 Å². The summed E-state index contributed by atoms with van der Waals surface area (Å²) in [4.78, 5) is 0. The Labute approximate surface area is 47.5 Å². The highest BCUT2D eigenvalue weighted by molar-refractivity contribution is 5.80. The molecule has 8 heavy (non-hydrogen) atoms. The summed E-state index contributed by atoms with van der Waals surface area (Å²) in [5.41, 5.74) is 2.85. The minimum absolute atomic E-state index is 1.43.